The molecule has 4 aromatic carbocycles. The molecule has 0 atom stereocenters. The van der Waals surface area contributed by atoms with E-state index in [-0.39, 0.29) is 0 Å². The summed E-state index contributed by atoms with van der Waals surface area (Å²) in [6.07, 6.45) is 16.4. The number of fused-ring (bicyclic) bond motifs is 5. The number of nitrogens with one attached hydrogen (secondary N) is 1. The molecule has 7 rings (SSSR count). The molecule has 0 fully saturated rings. The Morgan fingerprint density at radius 1 is 0.722 bits per heavy atom. The van der Waals surface area contributed by atoms with Gasteiger partial charge in [0.05, 0.1) is 0 Å². The molecular formula is C35H33N. The average Bonchev–Trinajstić information content (AvgIpc) is 2.97. The molecule has 0 spiro atoms. The van der Waals surface area contributed by atoms with Crippen molar-refractivity contribution in [3.8, 4) is 11.1 Å². The van der Waals surface area contributed by atoms with Crippen LogP contribution in [0.5, 0.6) is 0 Å². The van der Waals surface area contributed by atoms with Crippen molar-refractivity contribution in [2.45, 2.75) is 38.5 Å². The number of allylic oxidation sites excluding steroid dienone is 1. The van der Waals surface area contributed by atoms with E-state index >= 15 is 0 Å². The molecule has 3 aliphatic rings. The smallest absolute Gasteiger partial charge is 0.0337 e. The van der Waals surface area contributed by atoms with Gasteiger partial charge >= 0.3 is 0 Å². The highest BCUT2D eigenvalue weighted by molar-refractivity contribution is 5.70. The summed E-state index contributed by atoms with van der Waals surface area (Å²) in [5.74, 6) is 0. The van der Waals surface area contributed by atoms with E-state index in [2.05, 4.69) is 108 Å². The summed E-state index contributed by atoms with van der Waals surface area (Å²) < 4.78 is 0. The molecule has 0 radical (unpaired) electrons. The highest BCUT2D eigenvalue weighted by Crippen LogP contribution is 2.28. The number of hydrogen-bond donors (Lipinski definition) is 1. The molecule has 0 saturated carbocycles. The van der Waals surface area contributed by atoms with Crippen molar-refractivity contribution in [2.24, 2.45) is 0 Å². The fraction of sp³-hybridized carbons (Fsp3) is 0.200. The number of benzene rings is 4. The van der Waals surface area contributed by atoms with Gasteiger partial charge in [0.15, 0.2) is 0 Å². The molecule has 0 bridgehead atoms. The molecule has 0 heterocycles. The highest BCUT2D eigenvalue weighted by Gasteiger charge is 2.16. The summed E-state index contributed by atoms with van der Waals surface area (Å²) in [5, 5.41) is 8.88. The van der Waals surface area contributed by atoms with Crippen molar-refractivity contribution >= 4 is 23.9 Å². The fourth-order valence-corrected chi connectivity index (χ4v) is 5.88. The largest absolute Gasteiger partial charge is 0.388 e. The van der Waals surface area contributed by atoms with Gasteiger partial charge in [-0.1, -0.05) is 85.0 Å². The summed E-state index contributed by atoms with van der Waals surface area (Å²) in [6.45, 7) is 0. The van der Waals surface area contributed by atoms with Gasteiger partial charge in [0, 0.05) is 12.7 Å². The van der Waals surface area contributed by atoms with E-state index in [0.717, 1.165) is 12.1 Å². The second kappa shape index (κ2) is 10.0. The number of rotatable bonds is 2. The van der Waals surface area contributed by atoms with Gasteiger partial charge in [-0.3, -0.25) is 0 Å². The first-order valence-electron chi connectivity index (χ1n) is 13.3. The zero-order valence-corrected chi connectivity index (χ0v) is 21.1. The lowest BCUT2D eigenvalue weighted by molar-refractivity contribution is 0.825. The van der Waals surface area contributed by atoms with E-state index < -0.39 is 0 Å². The lowest BCUT2D eigenvalue weighted by Crippen LogP contribution is -2.20. The summed E-state index contributed by atoms with van der Waals surface area (Å²) in [4.78, 5) is 0. The Bertz CT molecular complexity index is 1660. The highest BCUT2D eigenvalue weighted by atomic mass is 14.8. The van der Waals surface area contributed by atoms with Crippen molar-refractivity contribution in [1.29, 1.82) is 0 Å². The number of anilines is 1. The van der Waals surface area contributed by atoms with Crippen LogP contribution in [0.25, 0.3) is 29.4 Å². The maximum Gasteiger partial charge on any atom is 0.0337 e. The first-order chi connectivity index (χ1) is 17.8. The Morgan fingerprint density at radius 2 is 1.56 bits per heavy atom. The predicted octanol–water partition coefficient (Wildman–Crippen LogP) is 6.78. The zero-order chi connectivity index (χ0) is 24.3. The molecule has 1 N–H and O–H groups in total. The predicted molar refractivity (Wildman–Crippen MR) is 154 cm³/mol. The normalized spacial score (nSPS) is 14.5. The van der Waals surface area contributed by atoms with E-state index in [1.807, 2.05) is 7.05 Å². The van der Waals surface area contributed by atoms with Crippen LogP contribution in [0.1, 0.15) is 41.5 Å². The van der Waals surface area contributed by atoms with Crippen LogP contribution in [0.2, 0.25) is 0 Å². The van der Waals surface area contributed by atoms with Crippen LogP contribution < -0.4 is 15.8 Å². The van der Waals surface area contributed by atoms with Crippen LogP contribution in [0.4, 0.5) is 5.69 Å². The maximum absolute atomic E-state index is 3.22. The lowest BCUT2D eigenvalue weighted by Gasteiger charge is -2.20. The number of aryl methyl sites for hydroxylation is 1. The molecule has 1 nitrogen and oxygen atoms in total. The summed E-state index contributed by atoms with van der Waals surface area (Å²) in [5.41, 5.74) is 9.84. The standard InChI is InChI=1S/C25H23N.C10H10/c1-26-20-13-10-18(11-14-20)24-16-19-7-3-4-8-21(19)23-15-12-17-6-2-5-9-22(17)25(23)24;1-2-6-10-8-4-3-7-9(10)5-1/h2,5-7,9-14,16,26H,3-4,8,15H2,1H3;1-3,5-7H,4,8H2. The Kier molecular flexibility index (Phi) is 6.30. The van der Waals surface area contributed by atoms with Gasteiger partial charge in [-0.2, -0.15) is 0 Å². The minimum Gasteiger partial charge on any atom is -0.388 e. The Hall–Kier alpha value is -3.84. The quantitative estimate of drug-likeness (QED) is 0.343. The van der Waals surface area contributed by atoms with E-state index in [1.165, 1.54) is 75.2 Å². The third kappa shape index (κ3) is 4.31. The van der Waals surface area contributed by atoms with Crippen molar-refractivity contribution in [3.05, 3.63) is 128 Å². The second-order valence-corrected chi connectivity index (χ2v) is 9.90. The second-order valence-electron chi connectivity index (χ2n) is 9.90. The van der Waals surface area contributed by atoms with E-state index in [0.29, 0.717) is 0 Å². The first-order valence-corrected chi connectivity index (χ1v) is 13.3. The average molecular weight is 468 g/mol. The van der Waals surface area contributed by atoms with Gasteiger partial charge in [0.2, 0.25) is 0 Å². The summed E-state index contributed by atoms with van der Waals surface area (Å²) in [6, 6.07) is 28.7. The van der Waals surface area contributed by atoms with Gasteiger partial charge in [-0.05, 0) is 111 Å². The third-order valence-corrected chi connectivity index (χ3v) is 7.75. The fourth-order valence-electron chi connectivity index (χ4n) is 5.88. The number of hydrogen-bond acceptors (Lipinski definition) is 1. The van der Waals surface area contributed by atoms with Crippen LogP contribution in [0, 0.1) is 10.4 Å². The Balaban J connectivity index is 0.000000200. The molecule has 0 aliphatic heterocycles. The van der Waals surface area contributed by atoms with E-state index in [1.54, 1.807) is 11.1 Å². The van der Waals surface area contributed by atoms with Gasteiger partial charge in [0.1, 0.15) is 0 Å². The van der Waals surface area contributed by atoms with Crippen molar-refractivity contribution in [3.63, 3.8) is 0 Å². The minimum atomic E-state index is 1.05. The van der Waals surface area contributed by atoms with Crippen LogP contribution >= 0.6 is 0 Å². The Labute approximate surface area is 213 Å². The zero-order valence-electron chi connectivity index (χ0n) is 21.1. The van der Waals surface area contributed by atoms with Gasteiger partial charge in [-0.15, -0.1) is 0 Å². The summed E-state index contributed by atoms with van der Waals surface area (Å²) >= 11 is 0. The van der Waals surface area contributed by atoms with Crippen LogP contribution in [-0.4, -0.2) is 7.05 Å². The lowest BCUT2D eigenvalue weighted by atomic mass is 9.85. The molecule has 1 heteroatoms. The molecule has 4 aromatic rings. The Morgan fingerprint density at radius 3 is 2.42 bits per heavy atom. The molecule has 36 heavy (non-hydrogen) atoms. The molecular weight excluding hydrogens is 434 g/mol. The van der Waals surface area contributed by atoms with E-state index in [4.69, 9.17) is 0 Å². The third-order valence-electron chi connectivity index (χ3n) is 7.75. The van der Waals surface area contributed by atoms with Crippen LogP contribution in [0.3, 0.4) is 0 Å². The van der Waals surface area contributed by atoms with Gasteiger partial charge < -0.3 is 5.32 Å². The molecule has 3 aliphatic carbocycles. The van der Waals surface area contributed by atoms with Gasteiger partial charge in [-0.25, -0.2) is 0 Å². The molecule has 0 aromatic heterocycles. The maximum atomic E-state index is 3.22. The minimum absolute atomic E-state index is 1.05. The van der Waals surface area contributed by atoms with Gasteiger partial charge in [0.25, 0.3) is 0 Å². The first kappa shape index (κ1) is 22.6. The molecule has 0 amide bonds. The van der Waals surface area contributed by atoms with Crippen LogP contribution in [-0.2, 0) is 19.3 Å². The summed E-state index contributed by atoms with van der Waals surface area (Å²) in [7, 11) is 1.97. The molecule has 178 valence electrons. The molecule has 0 saturated heterocycles. The SMILES string of the molecule is C1=Cc2ccccc2CC1.CNc1ccc(-c2cc3c(c4c2=c2ccccc2=CC4)CCCC=3)cc1. The van der Waals surface area contributed by atoms with Crippen molar-refractivity contribution in [2.75, 3.05) is 12.4 Å². The monoisotopic (exact) mass is 467 g/mol. The van der Waals surface area contributed by atoms with Crippen LogP contribution in [0.15, 0.2) is 84.9 Å². The molecule has 0 unspecified atom stereocenters. The topological polar surface area (TPSA) is 12.0 Å². The van der Waals surface area contributed by atoms with Crippen molar-refractivity contribution in [1.82, 2.24) is 0 Å². The van der Waals surface area contributed by atoms with Crippen molar-refractivity contribution < 1.29 is 0 Å². The van der Waals surface area contributed by atoms with E-state index in [9.17, 15) is 0 Å².